The number of anilines is 3. The average molecular weight is 430 g/mol. The summed E-state index contributed by atoms with van der Waals surface area (Å²) in [4.78, 5) is 34.9. The summed E-state index contributed by atoms with van der Waals surface area (Å²) in [5, 5.41) is 5.81. The predicted octanol–water partition coefficient (Wildman–Crippen LogP) is 3.26. The summed E-state index contributed by atoms with van der Waals surface area (Å²) >= 11 is 0. The van der Waals surface area contributed by atoms with Crippen molar-refractivity contribution in [2.45, 2.75) is 45.3 Å². The zero-order valence-corrected chi connectivity index (χ0v) is 17.8. The van der Waals surface area contributed by atoms with Crippen LogP contribution in [0.5, 0.6) is 0 Å². The largest absolute Gasteiger partial charge is 0.444 e. The second-order valence-electron chi connectivity index (χ2n) is 8.36. The van der Waals surface area contributed by atoms with Crippen LogP contribution in [0.1, 0.15) is 44.0 Å². The van der Waals surface area contributed by atoms with Gasteiger partial charge in [0.15, 0.2) is 0 Å². The molecular weight excluding hydrogens is 403 g/mol. The molecular formula is C21H27FN6O3. The number of rotatable bonds is 4. The van der Waals surface area contributed by atoms with Gasteiger partial charge in [-0.2, -0.15) is 0 Å². The van der Waals surface area contributed by atoms with Gasteiger partial charge in [-0.3, -0.25) is 4.79 Å². The highest BCUT2D eigenvalue weighted by Gasteiger charge is 2.29. The lowest BCUT2D eigenvalue weighted by Gasteiger charge is -2.34. The van der Waals surface area contributed by atoms with E-state index in [4.69, 9.17) is 10.5 Å². The number of hydrogen-bond acceptors (Lipinski definition) is 7. The number of piperidine rings is 1. The van der Waals surface area contributed by atoms with Gasteiger partial charge in [-0.1, -0.05) is 6.07 Å². The van der Waals surface area contributed by atoms with Gasteiger partial charge in [0, 0.05) is 24.8 Å². The van der Waals surface area contributed by atoms with Crippen molar-refractivity contribution >= 4 is 29.3 Å². The number of hydrogen-bond donors (Lipinski definition) is 3. The van der Waals surface area contributed by atoms with E-state index in [0.717, 1.165) is 12.8 Å². The summed E-state index contributed by atoms with van der Waals surface area (Å²) in [6, 6.07) is 5.37. The van der Waals surface area contributed by atoms with E-state index in [0.29, 0.717) is 13.1 Å². The molecule has 4 N–H and O–H groups in total. The van der Waals surface area contributed by atoms with E-state index in [2.05, 4.69) is 20.6 Å². The lowest BCUT2D eigenvalue weighted by molar-refractivity contribution is 0.0206. The molecule has 0 saturated carbocycles. The second kappa shape index (κ2) is 9.15. The number of ether oxygens (including phenoxy) is 1. The van der Waals surface area contributed by atoms with E-state index in [1.54, 1.807) is 11.0 Å². The maximum absolute atomic E-state index is 13.4. The molecule has 1 aromatic carbocycles. The summed E-state index contributed by atoms with van der Waals surface area (Å²) in [6.07, 6.45) is 2.41. The molecule has 1 aromatic heterocycles. The van der Waals surface area contributed by atoms with Crippen molar-refractivity contribution in [1.82, 2.24) is 14.9 Å². The molecule has 10 heteroatoms. The summed E-state index contributed by atoms with van der Waals surface area (Å²) in [7, 11) is 0. The molecule has 0 bridgehead atoms. The van der Waals surface area contributed by atoms with E-state index >= 15 is 0 Å². The fourth-order valence-electron chi connectivity index (χ4n) is 3.27. The zero-order chi connectivity index (χ0) is 22.6. The topological polar surface area (TPSA) is 122 Å². The van der Waals surface area contributed by atoms with Gasteiger partial charge < -0.3 is 26.0 Å². The molecule has 0 radical (unpaired) electrons. The molecule has 2 aromatic rings. The predicted molar refractivity (Wildman–Crippen MR) is 115 cm³/mol. The van der Waals surface area contributed by atoms with Gasteiger partial charge in [0.2, 0.25) is 0 Å². The highest BCUT2D eigenvalue weighted by atomic mass is 19.1. The Morgan fingerprint density at radius 3 is 2.77 bits per heavy atom. The van der Waals surface area contributed by atoms with Crippen LogP contribution < -0.4 is 16.4 Å². The van der Waals surface area contributed by atoms with Crippen LogP contribution in [0.25, 0.3) is 0 Å². The average Bonchev–Trinajstić information content (AvgIpc) is 2.67. The minimum atomic E-state index is -0.583. The van der Waals surface area contributed by atoms with Gasteiger partial charge in [-0.15, -0.1) is 0 Å². The Hall–Kier alpha value is -3.43. The maximum atomic E-state index is 13.4. The van der Waals surface area contributed by atoms with Crippen molar-refractivity contribution in [3.05, 3.63) is 42.0 Å². The van der Waals surface area contributed by atoms with Crippen LogP contribution in [0.3, 0.4) is 0 Å². The van der Waals surface area contributed by atoms with Crippen LogP contribution in [0.2, 0.25) is 0 Å². The lowest BCUT2D eigenvalue weighted by Crippen LogP contribution is -2.47. The first kappa shape index (κ1) is 22.3. The second-order valence-corrected chi connectivity index (χ2v) is 8.36. The van der Waals surface area contributed by atoms with Crippen molar-refractivity contribution in [3.8, 4) is 0 Å². The number of nitrogen functional groups attached to an aromatic ring is 1. The Balaban J connectivity index is 1.74. The first-order valence-corrected chi connectivity index (χ1v) is 10.0. The number of carbonyl (C=O) groups excluding carboxylic acids is 2. The molecule has 1 aliphatic heterocycles. The molecule has 166 valence electrons. The zero-order valence-electron chi connectivity index (χ0n) is 17.8. The van der Waals surface area contributed by atoms with Gasteiger partial charge >= 0.3 is 6.09 Å². The summed E-state index contributed by atoms with van der Waals surface area (Å²) < 4.78 is 18.9. The minimum Gasteiger partial charge on any atom is -0.444 e. The third-order valence-electron chi connectivity index (χ3n) is 4.60. The molecule has 1 fully saturated rings. The number of halogens is 1. The molecule has 1 saturated heterocycles. The molecule has 0 unspecified atom stereocenters. The van der Waals surface area contributed by atoms with E-state index in [1.165, 1.54) is 24.5 Å². The van der Waals surface area contributed by atoms with Crippen molar-refractivity contribution < 1.29 is 18.7 Å². The van der Waals surface area contributed by atoms with Gasteiger partial charge in [0.25, 0.3) is 5.91 Å². The molecule has 1 atom stereocenters. The molecule has 9 nitrogen and oxygen atoms in total. The Bertz CT molecular complexity index is 962. The summed E-state index contributed by atoms with van der Waals surface area (Å²) in [5.74, 6) is -0.799. The van der Waals surface area contributed by atoms with Gasteiger partial charge in [0.1, 0.15) is 34.9 Å². The van der Waals surface area contributed by atoms with E-state index < -0.39 is 17.3 Å². The number of nitrogens with two attached hydrogens (primary N) is 1. The van der Waals surface area contributed by atoms with Crippen LogP contribution >= 0.6 is 0 Å². The molecule has 0 spiro atoms. The lowest BCUT2D eigenvalue weighted by atomic mass is 10.1. The van der Waals surface area contributed by atoms with Crippen LogP contribution in [0.4, 0.5) is 26.5 Å². The third-order valence-corrected chi connectivity index (χ3v) is 4.60. The number of amides is 2. The monoisotopic (exact) mass is 430 g/mol. The molecule has 31 heavy (non-hydrogen) atoms. The normalized spacial score (nSPS) is 16.5. The quantitative estimate of drug-likeness (QED) is 0.680. The van der Waals surface area contributed by atoms with Gasteiger partial charge in [-0.25, -0.2) is 19.2 Å². The Kier molecular flexibility index (Phi) is 6.57. The van der Waals surface area contributed by atoms with Crippen LogP contribution in [-0.4, -0.2) is 51.6 Å². The molecule has 0 aliphatic carbocycles. The minimum absolute atomic E-state index is 0.00814. The third kappa shape index (κ3) is 6.03. The Morgan fingerprint density at radius 1 is 1.29 bits per heavy atom. The van der Waals surface area contributed by atoms with E-state index in [-0.39, 0.29) is 35.0 Å². The fraction of sp³-hybridized carbons (Fsp3) is 0.429. The Labute approximate surface area is 180 Å². The number of nitrogens with zero attached hydrogens (tertiary/aromatic N) is 3. The smallest absolute Gasteiger partial charge is 0.410 e. The SMILES string of the molecule is CC(C)(C)OC(=O)N1CCC[C@@H](Nc2ncnc(N)c2C(=O)Nc2cccc(F)c2)C1. The van der Waals surface area contributed by atoms with Gasteiger partial charge in [-0.05, 0) is 51.8 Å². The highest BCUT2D eigenvalue weighted by Crippen LogP contribution is 2.23. The van der Waals surface area contributed by atoms with Crippen molar-refractivity contribution in [2.75, 3.05) is 29.5 Å². The van der Waals surface area contributed by atoms with Crippen molar-refractivity contribution in [2.24, 2.45) is 0 Å². The standard InChI is InChI=1S/C21H27FN6O3/c1-21(2,3)31-20(30)28-9-5-8-15(11-28)26-18-16(17(23)24-12-25-18)19(29)27-14-7-4-6-13(22)10-14/h4,6-7,10,12,15H,5,8-9,11H2,1-3H3,(H,27,29)(H3,23,24,25,26)/t15-/m1/s1. The molecule has 2 heterocycles. The summed E-state index contributed by atoms with van der Waals surface area (Å²) in [6.45, 7) is 6.43. The van der Waals surface area contributed by atoms with Crippen molar-refractivity contribution in [3.63, 3.8) is 0 Å². The molecule has 2 amide bonds. The number of likely N-dealkylation sites (tertiary alicyclic amines) is 1. The first-order valence-electron chi connectivity index (χ1n) is 10.0. The van der Waals surface area contributed by atoms with Gasteiger partial charge in [0.05, 0.1) is 0 Å². The molecule has 1 aliphatic rings. The number of carbonyl (C=O) groups is 2. The maximum Gasteiger partial charge on any atom is 0.410 e. The number of aromatic nitrogens is 2. The number of nitrogens with one attached hydrogen (secondary N) is 2. The summed E-state index contributed by atoms with van der Waals surface area (Å²) in [5.41, 5.74) is 5.70. The fourth-order valence-corrected chi connectivity index (χ4v) is 3.27. The van der Waals surface area contributed by atoms with E-state index in [1.807, 2.05) is 20.8 Å². The van der Waals surface area contributed by atoms with Crippen LogP contribution in [0, 0.1) is 5.82 Å². The van der Waals surface area contributed by atoms with Crippen LogP contribution in [0.15, 0.2) is 30.6 Å². The first-order chi connectivity index (χ1) is 14.6. The van der Waals surface area contributed by atoms with E-state index in [9.17, 15) is 14.0 Å². The number of benzene rings is 1. The van der Waals surface area contributed by atoms with Crippen molar-refractivity contribution in [1.29, 1.82) is 0 Å². The highest BCUT2D eigenvalue weighted by molar-refractivity contribution is 6.10. The van der Waals surface area contributed by atoms with Crippen LogP contribution in [-0.2, 0) is 4.74 Å². The Morgan fingerprint density at radius 2 is 2.06 bits per heavy atom. The molecule has 3 rings (SSSR count).